The van der Waals surface area contributed by atoms with Crippen LogP contribution in [0, 0.1) is 10.1 Å². The summed E-state index contributed by atoms with van der Waals surface area (Å²) in [5, 5.41) is 23.2. The number of benzene rings is 2. The molecule has 2 N–H and O–H groups in total. The predicted molar refractivity (Wildman–Crippen MR) is 95.4 cm³/mol. The number of hydrogen-bond donors (Lipinski definition) is 2. The van der Waals surface area contributed by atoms with Crippen LogP contribution in [-0.4, -0.2) is 27.5 Å². The molecule has 1 amide bonds. The second-order valence-electron chi connectivity index (χ2n) is 5.75. The molecule has 1 heterocycles. The zero-order valence-electron chi connectivity index (χ0n) is 14.0. The Bertz CT molecular complexity index is 1070. The van der Waals surface area contributed by atoms with Crippen LogP contribution < -0.4 is 5.32 Å². The molecule has 0 fully saturated rings. The van der Waals surface area contributed by atoms with Crippen LogP contribution in [0.15, 0.2) is 36.4 Å². The number of aromatic hydroxyl groups is 1. The fraction of sp³-hybridized carbons (Fsp3) is 0.176. The van der Waals surface area contributed by atoms with Gasteiger partial charge in [0.25, 0.3) is 11.6 Å². The fourth-order valence-electron chi connectivity index (χ4n) is 2.52. The molecule has 146 valence electrons. The number of alkyl halides is 3. The fourth-order valence-corrected chi connectivity index (χ4v) is 3.47. The number of hydrogen-bond acceptors (Lipinski definition) is 6. The van der Waals surface area contributed by atoms with Gasteiger partial charge in [-0.3, -0.25) is 14.9 Å². The summed E-state index contributed by atoms with van der Waals surface area (Å²) in [5.41, 5.74) is -1.62. The first-order valence-corrected chi connectivity index (χ1v) is 8.69. The second kappa shape index (κ2) is 7.43. The number of nitrogens with one attached hydrogen (secondary N) is 1. The van der Waals surface area contributed by atoms with Gasteiger partial charge >= 0.3 is 6.18 Å². The highest BCUT2D eigenvalue weighted by Crippen LogP contribution is 2.38. The Hall–Kier alpha value is -3.21. The second-order valence-corrected chi connectivity index (χ2v) is 6.75. The molecule has 0 bridgehead atoms. The zero-order valence-corrected chi connectivity index (χ0v) is 14.8. The number of phenolic OH excluding ortho intramolecular Hbond substituents is 1. The van der Waals surface area contributed by atoms with Gasteiger partial charge < -0.3 is 10.4 Å². The standard InChI is InChI=1S/C17H12F3N3O4S/c18-17(19,20)10-7-11-14(12(8-10)23(26)27)28-16(22-11)15(25)21-6-5-9-3-1-2-4-13(9)24/h1-4,7-8,24H,5-6H2,(H,21,25). The third-order valence-corrected chi connectivity index (χ3v) is 4.95. The maximum atomic E-state index is 12.9. The highest BCUT2D eigenvalue weighted by atomic mass is 32.1. The number of rotatable bonds is 5. The van der Waals surface area contributed by atoms with Crippen molar-refractivity contribution < 1.29 is 28.0 Å². The number of para-hydroxylation sites is 1. The smallest absolute Gasteiger partial charge is 0.416 e. The van der Waals surface area contributed by atoms with E-state index < -0.39 is 28.3 Å². The summed E-state index contributed by atoms with van der Waals surface area (Å²) in [6, 6.07) is 7.67. The first-order chi connectivity index (χ1) is 13.2. The molecule has 0 aliphatic heterocycles. The Morgan fingerprint density at radius 1 is 1.29 bits per heavy atom. The number of nitro benzene ring substituents is 1. The van der Waals surface area contributed by atoms with E-state index in [0.29, 0.717) is 35.5 Å². The minimum atomic E-state index is -4.78. The molecular weight excluding hydrogens is 399 g/mol. The molecular formula is C17H12F3N3O4S. The molecule has 0 atom stereocenters. The van der Waals surface area contributed by atoms with Gasteiger partial charge in [0.05, 0.1) is 16.0 Å². The number of carbonyl (C=O) groups excluding carboxylic acids is 1. The van der Waals surface area contributed by atoms with Crippen LogP contribution in [0.5, 0.6) is 5.75 Å². The molecule has 1 aromatic heterocycles. The van der Waals surface area contributed by atoms with Crippen LogP contribution >= 0.6 is 11.3 Å². The summed E-state index contributed by atoms with van der Waals surface area (Å²) < 4.78 is 38.7. The van der Waals surface area contributed by atoms with Gasteiger partial charge in [0.2, 0.25) is 0 Å². The first-order valence-electron chi connectivity index (χ1n) is 7.88. The van der Waals surface area contributed by atoms with E-state index in [0.717, 1.165) is 0 Å². The summed E-state index contributed by atoms with van der Waals surface area (Å²) in [6.07, 6.45) is -4.45. The van der Waals surface area contributed by atoms with Gasteiger partial charge in [0.15, 0.2) is 5.01 Å². The Kier molecular flexibility index (Phi) is 5.18. The lowest BCUT2D eigenvalue weighted by Gasteiger charge is -2.05. The number of halogens is 3. The van der Waals surface area contributed by atoms with Crippen molar-refractivity contribution in [3.05, 3.63) is 62.6 Å². The topological polar surface area (TPSA) is 105 Å². The Balaban J connectivity index is 1.83. The minimum absolute atomic E-state index is 0.0760. The monoisotopic (exact) mass is 411 g/mol. The Morgan fingerprint density at radius 3 is 2.64 bits per heavy atom. The van der Waals surface area contributed by atoms with Crippen molar-refractivity contribution >= 4 is 33.1 Å². The van der Waals surface area contributed by atoms with Crippen LogP contribution in [0.25, 0.3) is 10.2 Å². The summed E-state index contributed by atoms with van der Waals surface area (Å²) in [7, 11) is 0. The number of phenols is 1. The van der Waals surface area contributed by atoms with Gasteiger partial charge in [-0.25, -0.2) is 4.98 Å². The molecule has 0 unspecified atom stereocenters. The number of carbonyl (C=O) groups is 1. The summed E-state index contributed by atoms with van der Waals surface area (Å²) in [4.78, 5) is 26.3. The van der Waals surface area contributed by atoms with Gasteiger partial charge in [0, 0.05) is 12.6 Å². The lowest BCUT2D eigenvalue weighted by Crippen LogP contribution is -2.25. The van der Waals surface area contributed by atoms with Crippen LogP contribution in [0.2, 0.25) is 0 Å². The molecule has 28 heavy (non-hydrogen) atoms. The number of aromatic nitrogens is 1. The van der Waals surface area contributed by atoms with Crippen molar-refractivity contribution in [3.8, 4) is 5.75 Å². The first kappa shape index (κ1) is 19.5. The summed E-state index contributed by atoms with van der Waals surface area (Å²) in [5.74, 6) is -0.591. The predicted octanol–water partition coefficient (Wildman–Crippen LogP) is 3.90. The van der Waals surface area contributed by atoms with Gasteiger partial charge in [-0.15, -0.1) is 11.3 Å². The van der Waals surface area contributed by atoms with E-state index in [1.54, 1.807) is 18.2 Å². The molecule has 3 aromatic rings. The van der Waals surface area contributed by atoms with Crippen molar-refractivity contribution in [3.63, 3.8) is 0 Å². The lowest BCUT2D eigenvalue weighted by molar-refractivity contribution is -0.383. The molecule has 11 heteroatoms. The number of thiazole rings is 1. The molecule has 2 aromatic carbocycles. The van der Waals surface area contributed by atoms with E-state index in [2.05, 4.69) is 10.3 Å². The van der Waals surface area contributed by atoms with E-state index in [9.17, 15) is 33.2 Å². The molecule has 0 saturated heterocycles. The van der Waals surface area contributed by atoms with E-state index in [-0.39, 0.29) is 27.5 Å². The number of amides is 1. The molecule has 0 saturated carbocycles. The average molecular weight is 411 g/mol. The SMILES string of the molecule is O=C(NCCc1ccccc1O)c1nc2cc(C(F)(F)F)cc([N+](=O)[O-])c2s1. The molecule has 0 aliphatic rings. The van der Waals surface area contributed by atoms with Crippen LogP contribution in [-0.2, 0) is 12.6 Å². The molecule has 0 spiro atoms. The quantitative estimate of drug-likeness (QED) is 0.489. The van der Waals surface area contributed by atoms with E-state index in [4.69, 9.17) is 0 Å². The normalized spacial score (nSPS) is 11.5. The average Bonchev–Trinajstić information content (AvgIpc) is 3.05. The number of fused-ring (bicyclic) bond motifs is 1. The highest BCUT2D eigenvalue weighted by Gasteiger charge is 2.34. The summed E-state index contributed by atoms with van der Waals surface area (Å²) >= 11 is 0.648. The maximum absolute atomic E-state index is 12.9. The van der Waals surface area contributed by atoms with Gasteiger partial charge in [-0.1, -0.05) is 18.2 Å². The zero-order chi connectivity index (χ0) is 20.5. The van der Waals surface area contributed by atoms with Crippen LogP contribution in [0.4, 0.5) is 18.9 Å². The van der Waals surface area contributed by atoms with Crippen molar-refractivity contribution in [1.82, 2.24) is 10.3 Å². The van der Waals surface area contributed by atoms with Crippen molar-refractivity contribution in [1.29, 1.82) is 0 Å². The molecule has 0 aliphatic carbocycles. The summed E-state index contributed by atoms with van der Waals surface area (Å²) in [6.45, 7) is 0.141. The van der Waals surface area contributed by atoms with Crippen LogP contribution in [0.3, 0.4) is 0 Å². The Labute approximate surface area is 159 Å². The van der Waals surface area contributed by atoms with E-state index in [1.165, 1.54) is 6.07 Å². The highest BCUT2D eigenvalue weighted by molar-refractivity contribution is 7.20. The van der Waals surface area contributed by atoms with Crippen LogP contribution in [0.1, 0.15) is 20.9 Å². The molecule has 3 rings (SSSR count). The lowest BCUT2D eigenvalue weighted by atomic mass is 10.1. The number of nitro groups is 1. The van der Waals surface area contributed by atoms with Crippen molar-refractivity contribution in [2.24, 2.45) is 0 Å². The minimum Gasteiger partial charge on any atom is -0.508 e. The van der Waals surface area contributed by atoms with E-state index in [1.807, 2.05) is 0 Å². The largest absolute Gasteiger partial charge is 0.508 e. The van der Waals surface area contributed by atoms with Gasteiger partial charge in [-0.05, 0) is 24.1 Å². The third kappa shape index (κ3) is 4.03. The molecule has 7 nitrogen and oxygen atoms in total. The van der Waals surface area contributed by atoms with E-state index >= 15 is 0 Å². The maximum Gasteiger partial charge on any atom is 0.416 e. The van der Waals surface area contributed by atoms with Crippen molar-refractivity contribution in [2.45, 2.75) is 12.6 Å². The third-order valence-electron chi connectivity index (χ3n) is 3.86. The van der Waals surface area contributed by atoms with Crippen molar-refractivity contribution in [2.75, 3.05) is 6.54 Å². The molecule has 0 radical (unpaired) electrons. The van der Waals surface area contributed by atoms with Gasteiger partial charge in [0.1, 0.15) is 10.4 Å². The number of nitrogens with zero attached hydrogens (tertiary/aromatic N) is 2. The number of non-ortho nitro benzene ring substituents is 1. The van der Waals surface area contributed by atoms with Gasteiger partial charge in [-0.2, -0.15) is 13.2 Å². The Morgan fingerprint density at radius 2 is 2.00 bits per heavy atom.